The van der Waals surface area contributed by atoms with E-state index in [1.165, 1.54) is 0 Å². The summed E-state index contributed by atoms with van der Waals surface area (Å²) in [5, 5.41) is 5.62. The lowest BCUT2D eigenvalue weighted by Gasteiger charge is -2.06. The molecular weight excluding hydrogens is 228 g/mol. The van der Waals surface area contributed by atoms with Crippen molar-refractivity contribution in [2.75, 3.05) is 25.5 Å². The molecule has 4 nitrogen and oxygen atoms in total. The Morgan fingerprint density at radius 3 is 3.06 bits per heavy atom. The SMILES string of the molecule is CNCC(=O)Nc1ccc2c(c1)CCO2.Cl. The highest BCUT2D eigenvalue weighted by atomic mass is 35.5. The van der Waals surface area contributed by atoms with Gasteiger partial charge in [-0.15, -0.1) is 12.4 Å². The zero-order chi connectivity index (χ0) is 10.7. The van der Waals surface area contributed by atoms with E-state index in [-0.39, 0.29) is 18.3 Å². The topological polar surface area (TPSA) is 50.4 Å². The Kier molecular flexibility index (Phi) is 4.58. The Hall–Kier alpha value is -1.26. The van der Waals surface area contributed by atoms with Gasteiger partial charge < -0.3 is 15.4 Å². The number of nitrogens with one attached hydrogen (secondary N) is 2. The number of fused-ring (bicyclic) bond motifs is 1. The van der Waals surface area contributed by atoms with Crippen LogP contribution in [0.4, 0.5) is 5.69 Å². The molecule has 1 aromatic carbocycles. The fourth-order valence-electron chi connectivity index (χ4n) is 1.63. The molecule has 1 heterocycles. The third kappa shape index (κ3) is 2.87. The van der Waals surface area contributed by atoms with Crippen LogP contribution in [-0.4, -0.2) is 26.1 Å². The Bertz CT molecular complexity index is 382. The van der Waals surface area contributed by atoms with Crippen LogP contribution in [0.15, 0.2) is 18.2 Å². The molecule has 0 fully saturated rings. The highest BCUT2D eigenvalue weighted by Gasteiger charge is 2.12. The average molecular weight is 243 g/mol. The van der Waals surface area contributed by atoms with Crippen molar-refractivity contribution >= 4 is 24.0 Å². The second kappa shape index (κ2) is 5.72. The molecule has 0 saturated carbocycles. The number of hydrogen-bond donors (Lipinski definition) is 2. The maximum atomic E-state index is 11.3. The van der Waals surface area contributed by atoms with E-state index in [1.807, 2.05) is 18.2 Å². The summed E-state index contributed by atoms with van der Waals surface area (Å²) in [5.41, 5.74) is 2.00. The van der Waals surface area contributed by atoms with Crippen LogP contribution in [0.1, 0.15) is 5.56 Å². The van der Waals surface area contributed by atoms with E-state index in [9.17, 15) is 4.79 Å². The zero-order valence-corrected chi connectivity index (χ0v) is 9.89. The van der Waals surface area contributed by atoms with E-state index in [2.05, 4.69) is 10.6 Å². The summed E-state index contributed by atoms with van der Waals surface area (Å²) in [5.74, 6) is 0.901. The lowest BCUT2D eigenvalue weighted by molar-refractivity contribution is -0.115. The van der Waals surface area contributed by atoms with Gasteiger partial charge in [-0.05, 0) is 30.8 Å². The monoisotopic (exact) mass is 242 g/mol. The number of likely N-dealkylation sites (N-methyl/N-ethyl adjacent to an activating group) is 1. The molecule has 0 radical (unpaired) electrons. The first kappa shape index (κ1) is 12.8. The predicted octanol–water partition coefficient (Wildman–Crippen LogP) is 1.20. The van der Waals surface area contributed by atoms with Gasteiger partial charge in [0.25, 0.3) is 0 Å². The molecule has 88 valence electrons. The minimum atomic E-state index is -0.0311. The van der Waals surface area contributed by atoms with E-state index >= 15 is 0 Å². The van der Waals surface area contributed by atoms with E-state index in [4.69, 9.17) is 4.74 Å². The van der Waals surface area contributed by atoms with Crippen LogP contribution in [0, 0.1) is 0 Å². The maximum Gasteiger partial charge on any atom is 0.238 e. The largest absolute Gasteiger partial charge is 0.493 e. The number of amides is 1. The van der Waals surface area contributed by atoms with E-state index in [0.29, 0.717) is 6.54 Å². The van der Waals surface area contributed by atoms with Crippen molar-refractivity contribution in [2.45, 2.75) is 6.42 Å². The van der Waals surface area contributed by atoms with Gasteiger partial charge in [-0.2, -0.15) is 0 Å². The average Bonchev–Trinajstić information content (AvgIpc) is 2.65. The van der Waals surface area contributed by atoms with Crippen molar-refractivity contribution in [3.63, 3.8) is 0 Å². The number of hydrogen-bond acceptors (Lipinski definition) is 3. The molecule has 1 aliphatic heterocycles. The van der Waals surface area contributed by atoms with Gasteiger partial charge in [0.1, 0.15) is 5.75 Å². The molecule has 1 amide bonds. The van der Waals surface area contributed by atoms with Gasteiger partial charge in [-0.3, -0.25) is 4.79 Å². The molecule has 0 unspecified atom stereocenters. The third-order valence-electron chi connectivity index (χ3n) is 2.31. The molecule has 0 aromatic heterocycles. The molecule has 0 spiro atoms. The van der Waals surface area contributed by atoms with Gasteiger partial charge in [-0.1, -0.05) is 0 Å². The second-order valence-corrected chi connectivity index (χ2v) is 3.50. The van der Waals surface area contributed by atoms with Gasteiger partial charge in [-0.25, -0.2) is 0 Å². The van der Waals surface area contributed by atoms with Gasteiger partial charge in [0, 0.05) is 12.1 Å². The minimum Gasteiger partial charge on any atom is -0.493 e. The van der Waals surface area contributed by atoms with E-state index in [0.717, 1.165) is 30.0 Å². The molecule has 0 atom stereocenters. The quantitative estimate of drug-likeness (QED) is 0.838. The molecule has 2 N–H and O–H groups in total. The standard InChI is InChI=1S/C11H14N2O2.ClH/c1-12-7-11(14)13-9-2-3-10-8(6-9)4-5-15-10;/h2-3,6,12H,4-5,7H2,1H3,(H,13,14);1H. The number of rotatable bonds is 3. The number of halogens is 1. The summed E-state index contributed by atoms with van der Waals surface area (Å²) in [6, 6.07) is 5.73. The van der Waals surface area contributed by atoms with Crippen LogP contribution < -0.4 is 15.4 Å². The third-order valence-corrected chi connectivity index (χ3v) is 2.31. The summed E-state index contributed by atoms with van der Waals surface area (Å²) >= 11 is 0. The minimum absolute atomic E-state index is 0. The maximum absolute atomic E-state index is 11.3. The Balaban J connectivity index is 0.00000128. The fraction of sp³-hybridized carbons (Fsp3) is 0.364. The molecule has 1 aliphatic rings. The van der Waals surface area contributed by atoms with Gasteiger partial charge in [0.05, 0.1) is 13.2 Å². The van der Waals surface area contributed by atoms with Crippen molar-refractivity contribution in [3.05, 3.63) is 23.8 Å². The summed E-state index contributed by atoms with van der Waals surface area (Å²) < 4.78 is 5.38. The van der Waals surface area contributed by atoms with Crippen LogP contribution in [-0.2, 0) is 11.2 Å². The van der Waals surface area contributed by atoms with Crippen LogP contribution in [0.3, 0.4) is 0 Å². The Morgan fingerprint density at radius 2 is 2.31 bits per heavy atom. The van der Waals surface area contributed by atoms with Crippen molar-refractivity contribution < 1.29 is 9.53 Å². The summed E-state index contributed by atoms with van der Waals surface area (Å²) in [6.07, 6.45) is 0.922. The smallest absolute Gasteiger partial charge is 0.238 e. The highest BCUT2D eigenvalue weighted by molar-refractivity contribution is 5.92. The normalized spacial score (nSPS) is 12.3. The number of anilines is 1. The molecule has 2 rings (SSSR count). The first-order chi connectivity index (χ1) is 7.29. The Labute approximate surface area is 101 Å². The van der Waals surface area contributed by atoms with Crippen LogP contribution >= 0.6 is 12.4 Å². The first-order valence-electron chi connectivity index (χ1n) is 5.00. The van der Waals surface area contributed by atoms with E-state index in [1.54, 1.807) is 7.05 Å². The molecule has 0 aliphatic carbocycles. The zero-order valence-electron chi connectivity index (χ0n) is 9.08. The molecule has 16 heavy (non-hydrogen) atoms. The Morgan fingerprint density at radius 1 is 1.50 bits per heavy atom. The lowest BCUT2D eigenvalue weighted by atomic mass is 10.1. The summed E-state index contributed by atoms with van der Waals surface area (Å²) in [6.45, 7) is 1.07. The van der Waals surface area contributed by atoms with Crippen LogP contribution in [0.5, 0.6) is 5.75 Å². The molecule has 1 aromatic rings. The molecule has 0 saturated heterocycles. The molecular formula is C11H15ClN2O2. The van der Waals surface area contributed by atoms with Crippen LogP contribution in [0.2, 0.25) is 0 Å². The fourth-order valence-corrected chi connectivity index (χ4v) is 1.63. The van der Waals surface area contributed by atoms with Gasteiger partial charge in [0.2, 0.25) is 5.91 Å². The summed E-state index contributed by atoms with van der Waals surface area (Å²) in [7, 11) is 1.75. The van der Waals surface area contributed by atoms with E-state index < -0.39 is 0 Å². The van der Waals surface area contributed by atoms with Crippen molar-refractivity contribution in [3.8, 4) is 5.75 Å². The van der Waals surface area contributed by atoms with Crippen molar-refractivity contribution in [1.82, 2.24) is 5.32 Å². The van der Waals surface area contributed by atoms with Crippen LogP contribution in [0.25, 0.3) is 0 Å². The number of carbonyl (C=O) groups is 1. The summed E-state index contributed by atoms with van der Waals surface area (Å²) in [4.78, 5) is 11.3. The number of benzene rings is 1. The predicted molar refractivity (Wildman–Crippen MR) is 65.4 cm³/mol. The first-order valence-corrected chi connectivity index (χ1v) is 5.00. The molecule has 0 bridgehead atoms. The number of carbonyl (C=O) groups excluding carboxylic acids is 1. The van der Waals surface area contributed by atoms with Gasteiger partial charge >= 0.3 is 0 Å². The highest BCUT2D eigenvalue weighted by Crippen LogP contribution is 2.27. The second-order valence-electron chi connectivity index (χ2n) is 3.50. The van der Waals surface area contributed by atoms with Gasteiger partial charge in [0.15, 0.2) is 0 Å². The van der Waals surface area contributed by atoms with Crippen molar-refractivity contribution in [2.24, 2.45) is 0 Å². The lowest BCUT2D eigenvalue weighted by Crippen LogP contribution is -2.25. The number of ether oxygens (including phenoxy) is 1. The molecule has 5 heteroatoms. The van der Waals surface area contributed by atoms with Crippen molar-refractivity contribution in [1.29, 1.82) is 0 Å².